The van der Waals surface area contributed by atoms with Crippen molar-refractivity contribution in [1.29, 1.82) is 0 Å². The number of rotatable bonds is 6. The second kappa shape index (κ2) is 5.59. The van der Waals surface area contributed by atoms with E-state index in [-0.39, 0.29) is 17.9 Å². The van der Waals surface area contributed by atoms with Crippen LogP contribution < -0.4 is 10.1 Å². The van der Waals surface area contributed by atoms with Crippen LogP contribution in [0.2, 0.25) is 0 Å². The van der Waals surface area contributed by atoms with Crippen LogP contribution in [-0.2, 0) is 11.2 Å². The number of aromatic nitrogens is 3. The molecular weight excluding hydrogens is 272 g/mol. The largest absolute Gasteiger partial charge is 0.466 e. The molecule has 1 amide bonds. The number of hydrogen-bond donors (Lipinski definition) is 2. The summed E-state index contributed by atoms with van der Waals surface area (Å²) in [5.74, 6) is 3.30. The number of nitrogens with zero attached hydrogens (tertiary/aromatic N) is 2. The Hall–Kier alpha value is -2.31. The molecule has 1 fully saturated rings. The van der Waals surface area contributed by atoms with Crippen LogP contribution in [0.4, 0.5) is 5.95 Å². The van der Waals surface area contributed by atoms with Gasteiger partial charge in [0.05, 0.1) is 7.11 Å². The van der Waals surface area contributed by atoms with Gasteiger partial charge in [-0.05, 0) is 24.5 Å². The highest BCUT2D eigenvalue weighted by Crippen LogP contribution is 2.47. The van der Waals surface area contributed by atoms with Gasteiger partial charge in [-0.25, -0.2) is 5.10 Å². The monoisotopic (exact) mass is 290 g/mol. The maximum absolute atomic E-state index is 11.8. The van der Waals surface area contributed by atoms with Crippen LogP contribution in [-0.4, -0.2) is 28.2 Å². The zero-order chi connectivity index (χ0) is 14.8. The molecular formula is C14H18N4O3. The molecule has 21 heavy (non-hydrogen) atoms. The molecule has 0 bridgehead atoms. The molecule has 0 aromatic carbocycles. The van der Waals surface area contributed by atoms with E-state index >= 15 is 0 Å². The smallest absolute Gasteiger partial charge is 0.336 e. The molecule has 1 aliphatic carbocycles. The maximum Gasteiger partial charge on any atom is 0.336 e. The third kappa shape index (κ3) is 3.24. The third-order valence-electron chi connectivity index (χ3n) is 3.66. The van der Waals surface area contributed by atoms with Crippen molar-refractivity contribution in [2.75, 3.05) is 12.4 Å². The Morgan fingerprint density at radius 2 is 2.38 bits per heavy atom. The Kier molecular flexibility index (Phi) is 3.64. The lowest BCUT2D eigenvalue weighted by Gasteiger charge is -2.00. The van der Waals surface area contributed by atoms with Gasteiger partial charge in [0.15, 0.2) is 0 Å². The fraction of sp³-hybridized carbons (Fsp3) is 0.500. The molecule has 3 rings (SSSR count). The standard InChI is InChI=1S/C14H18N4O3/c1-8-7-10(8)11-5-3-9(21-11)4-6-12(19)15-13-16-14(20-2)18-17-13/h3,5,8,10H,4,6-7H2,1-2H3,(H2,15,16,17,18,19). The van der Waals surface area contributed by atoms with Crippen molar-refractivity contribution in [1.82, 2.24) is 15.2 Å². The summed E-state index contributed by atoms with van der Waals surface area (Å²) in [5, 5.41) is 8.95. The third-order valence-corrected chi connectivity index (χ3v) is 3.66. The van der Waals surface area contributed by atoms with Gasteiger partial charge in [0.2, 0.25) is 11.9 Å². The number of furan rings is 1. The minimum atomic E-state index is -0.147. The van der Waals surface area contributed by atoms with Crippen LogP contribution in [0.25, 0.3) is 0 Å². The SMILES string of the molecule is COc1n[nH]c(NC(=O)CCc2ccc(C3CC3C)o2)n1. The second-order valence-corrected chi connectivity index (χ2v) is 5.34. The van der Waals surface area contributed by atoms with Gasteiger partial charge < -0.3 is 9.15 Å². The molecule has 0 radical (unpaired) electrons. The number of aryl methyl sites for hydroxylation is 1. The van der Waals surface area contributed by atoms with Crippen molar-refractivity contribution in [2.45, 2.75) is 32.1 Å². The molecule has 2 aromatic heterocycles. The summed E-state index contributed by atoms with van der Waals surface area (Å²) in [4.78, 5) is 15.7. The van der Waals surface area contributed by atoms with Crippen LogP contribution in [0.15, 0.2) is 16.5 Å². The van der Waals surface area contributed by atoms with E-state index in [9.17, 15) is 4.79 Å². The molecule has 0 saturated heterocycles. The van der Waals surface area contributed by atoms with Crippen LogP contribution in [0.5, 0.6) is 6.01 Å². The zero-order valence-electron chi connectivity index (χ0n) is 12.0. The highest BCUT2D eigenvalue weighted by atomic mass is 16.5. The summed E-state index contributed by atoms with van der Waals surface area (Å²) in [5.41, 5.74) is 0. The van der Waals surface area contributed by atoms with Crippen LogP contribution >= 0.6 is 0 Å². The average Bonchev–Trinajstić information content (AvgIpc) is 2.92. The molecule has 0 aliphatic heterocycles. The van der Waals surface area contributed by atoms with E-state index < -0.39 is 0 Å². The van der Waals surface area contributed by atoms with E-state index in [0.717, 1.165) is 11.5 Å². The molecule has 1 saturated carbocycles. The molecule has 2 N–H and O–H groups in total. The van der Waals surface area contributed by atoms with E-state index in [0.29, 0.717) is 24.7 Å². The van der Waals surface area contributed by atoms with E-state index in [1.54, 1.807) is 0 Å². The minimum Gasteiger partial charge on any atom is -0.466 e. The van der Waals surface area contributed by atoms with Gasteiger partial charge in [-0.3, -0.25) is 10.1 Å². The quantitative estimate of drug-likeness (QED) is 0.849. The Bertz CT molecular complexity index is 634. The summed E-state index contributed by atoms with van der Waals surface area (Å²) >= 11 is 0. The first kappa shape index (κ1) is 13.7. The van der Waals surface area contributed by atoms with Crippen molar-refractivity contribution in [3.8, 4) is 6.01 Å². The fourth-order valence-electron chi connectivity index (χ4n) is 2.27. The molecule has 2 atom stereocenters. The van der Waals surface area contributed by atoms with Gasteiger partial charge >= 0.3 is 6.01 Å². The topological polar surface area (TPSA) is 93.0 Å². The lowest BCUT2D eigenvalue weighted by molar-refractivity contribution is -0.116. The first-order valence-corrected chi connectivity index (χ1v) is 7.00. The molecule has 2 aromatic rings. The van der Waals surface area contributed by atoms with E-state index in [1.165, 1.54) is 13.5 Å². The molecule has 2 heterocycles. The second-order valence-electron chi connectivity index (χ2n) is 5.34. The highest BCUT2D eigenvalue weighted by Gasteiger charge is 2.36. The average molecular weight is 290 g/mol. The van der Waals surface area contributed by atoms with Crippen molar-refractivity contribution in [2.24, 2.45) is 5.92 Å². The minimum absolute atomic E-state index is 0.147. The number of carbonyl (C=O) groups is 1. The lowest BCUT2D eigenvalue weighted by atomic mass is 10.2. The number of amides is 1. The van der Waals surface area contributed by atoms with Gasteiger partial charge in [0, 0.05) is 18.8 Å². The van der Waals surface area contributed by atoms with E-state index in [2.05, 4.69) is 27.4 Å². The number of methoxy groups -OCH3 is 1. The molecule has 2 unspecified atom stereocenters. The van der Waals surface area contributed by atoms with Gasteiger partial charge in [-0.2, -0.15) is 4.98 Å². The van der Waals surface area contributed by atoms with Crippen molar-refractivity contribution in [3.63, 3.8) is 0 Å². The number of anilines is 1. The Labute approximate surface area is 122 Å². The maximum atomic E-state index is 11.8. The summed E-state index contributed by atoms with van der Waals surface area (Å²) in [6.07, 6.45) is 2.09. The first-order valence-electron chi connectivity index (χ1n) is 7.00. The number of aromatic amines is 1. The summed E-state index contributed by atoms with van der Waals surface area (Å²) < 4.78 is 10.6. The predicted molar refractivity (Wildman–Crippen MR) is 75.1 cm³/mol. The number of hydrogen-bond acceptors (Lipinski definition) is 5. The summed E-state index contributed by atoms with van der Waals surface area (Å²) in [7, 11) is 1.46. The summed E-state index contributed by atoms with van der Waals surface area (Å²) in [6.45, 7) is 2.21. The normalized spacial score (nSPS) is 20.3. The number of ether oxygens (including phenoxy) is 1. The van der Waals surface area contributed by atoms with Crippen molar-refractivity contribution < 1.29 is 13.9 Å². The fourth-order valence-corrected chi connectivity index (χ4v) is 2.27. The van der Waals surface area contributed by atoms with Crippen molar-refractivity contribution >= 4 is 11.9 Å². The van der Waals surface area contributed by atoms with Crippen LogP contribution in [0.3, 0.4) is 0 Å². The first-order chi connectivity index (χ1) is 10.2. The number of carbonyl (C=O) groups excluding carboxylic acids is 1. The van der Waals surface area contributed by atoms with Crippen LogP contribution in [0.1, 0.15) is 37.2 Å². The highest BCUT2D eigenvalue weighted by molar-refractivity contribution is 5.88. The predicted octanol–water partition coefficient (Wildman–Crippen LogP) is 2.10. The van der Waals surface area contributed by atoms with E-state index in [4.69, 9.17) is 9.15 Å². The van der Waals surface area contributed by atoms with Gasteiger partial charge in [-0.1, -0.05) is 6.92 Å². The Balaban J connectivity index is 1.48. The molecule has 7 heteroatoms. The number of H-pyrrole nitrogens is 1. The molecule has 0 spiro atoms. The molecule has 7 nitrogen and oxygen atoms in total. The Morgan fingerprint density at radius 1 is 1.57 bits per heavy atom. The lowest BCUT2D eigenvalue weighted by Crippen LogP contribution is -2.13. The van der Waals surface area contributed by atoms with Gasteiger partial charge in [-0.15, -0.1) is 5.10 Å². The number of nitrogens with one attached hydrogen (secondary N) is 2. The van der Waals surface area contributed by atoms with E-state index in [1.807, 2.05) is 12.1 Å². The van der Waals surface area contributed by atoms with Gasteiger partial charge in [0.1, 0.15) is 11.5 Å². The zero-order valence-corrected chi connectivity index (χ0v) is 12.0. The van der Waals surface area contributed by atoms with Crippen molar-refractivity contribution in [3.05, 3.63) is 23.7 Å². The van der Waals surface area contributed by atoms with Gasteiger partial charge in [0.25, 0.3) is 0 Å². The van der Waals surface area contributed by atoms with Crippen LogP contribution in [0, 0.1) is 5.92 Å². The molecule has 112 valence electrons. The summed E-state index contributed by atoms with van der Waals surface area (Å²) in [6, 6.07) is 4.16. The molecule has 1 aliphatic rings. The Morgan fingerprint density at radius 3 is 3.05 bits per heavy atom.